The van der Waals surface area contributed by atoms with Crippen molar-refractivity contribution in [3.05, 3.63) is 50.9 Å². The molecule has 0 saturated heterocycles. The second-order valence-corrected chi connectivity index (χ2v) is 11.8. The van der Waals surface area contributed by atoms with Crippen molar-refractivity contribution in [1.29, 1.82) is 0 Å². The third-order valence-electron chi connectivity index (χ3n) is 5.35. The first-order valence-corrected chi connectivity index (χ1v) is 13.8. The quantitative estimate of drug-likeness (QED) is 0.153. The maximum absolute atomic E-state index is 12.0. The number of carbonyl (C=O) groups excluding carboxylic acids is 1. The normalized spacial score (nSPS) is 12.0. The van der Waals surface area contributed by atoms with Gasteiger partial charge in [0.15, 0.2) is 0 Å². The van der Waals surface area contributed by atoms with E-state index in [9.17, 15) is 4.79 Å². The topological polar surface area (TPSA) is 81.1 Å². The lowest BCUT2D eigenvalue weighted by molar-refractivity contribution is 0.0204. The van der Waals surface area contributed by atoms with Crippen LogP contribution in [-0.2, 0) is 9.47 Å². The molecule has 2 aromatic carbocycles. The molecule has 3 aromatic rings. The zero-order valence-electron chi connectivity index (χ0n) is 22.2. The predicted molar refractivity (Wildman–Crippen MR) is 155 cm³/mol. The molecule has 7 nitrogen and oxygen atoms in total. The number of aromatic nitrogens is 1. The Kier molecular flexibility index (Phi) is 10.1. The van der Waals surface area contributed by atoms with Gasteiger partial charge in [0.25, 0.3) is 0 Å². The summed E-state index contributed by atoms with van der Waals surface area (Å²) in [4.78, 5) is 19.0. The molecule has 0 amide bonds. The number of hydrogen-bond acceptors (Lipinski definition) is 8. The summed E-state index contributed by atoms with van der Waals surface area (Å²) in [7, 11) is 2.06. The number of nitrogens with zero attached hydrogens (tertiary/aromatic N) is 2. The van der Waals surface area contributed by atoms with E-state index in [0.717, 1.165) is 27.3 Å². The fourth-order valence-electron chi connectivity index (χ4n) is 3.58. The zero-order valence-corrected chi connectivity index (χ0v) is 24.6. The van der Waals surface area contributed by atoms with Crippen molar-refractivity contribution >= 4 is 61.5 Å². The first-order valence-electron chi connectivity index (χ1n) is 12.2. The van der Waals surface area contributed by atoms with Gasteiger partial charge in [-0.2, -0.15) is 0 Å². The third-order valence-corrected chi connectivity index (χ3v) is 6.95. The van der Waals surface area contributed by atoms with Gasteiger partial charge < -0.3 is 24.2 Å². The number of halogens is 1. The average Bonchev–Trinajstić information content (AvgIpc) is 3.22. The summed E-state index contributed by atoms with van der Waals surface area (Å²) in [6, 6.07) is 9.86. The maximum Gasteiger partial charge on any atom is 0.514 e. The van der Waals surface area contributed by atoms with Crippen LogP contribution in [0.25, 0.3) is 22.4 Å². The van der Waals surface area contributed by atoms with Crippen LogP contribution in [0.3, 0.4) is 0 Å². The monoisotopic (exact) mass is 590 g/mol. The maximum atomic E-state index is 12.0. The van der Waals surface area contributed by atoms with Gasteiger partial charge in [-0.05, 0) is 84.1 Å². The van der Waals surface area contributed by atoms with Crippen LogP contribution in [0.4, 0.5) is 10.5 Å². The molecule has 0 spiro atoms. The summed E-state index contributed by atoms with van der Waals surface area (Å²) >= 11 is 5.11. The van der Waals surface area contributed by atoms with Gasteiger partial charge in [-0.3, -0.25) is 0 Å². The van der Waals surface area contributed by atoms with Crippen LogP contribution in [0.15, 0.2) is 34.8 Å². The molecule has 0 aliphatic rings. The Morgan fingerprint density at radius 3 is 2.59 bits per heavy atom. The fourth-order valence-corrected chi connectivity index (χ4v) is 4.94. The van der Waals surface area contributed by atoms with Gasteiger partial charge in [0.1, 0.15) is 16.4 Å². The predicted octanol–water partition coefficient (Wildman–Crippen LogP) is 7.11. The van der Waals surface area contributed by atoms with Crippen LogP contribution in [-0.4, -0.2) is 55.3 Å². The van der Waals surface area contributed by atoms with Gasteiger partial charge in [-0.25, -0.2) is 9.78 Å². The van der Waals surface area contributed by atoms with E-state index in [0.29, 0.717) is 29.4 Å². The fraction of sp³-hybridized carbons (Fsp3) is 0.429. The Hall–Kier alpha value is -2.46. The highest BCUT2D eigenvalue weighted by atomic mass is 79.9. The van der Waals surface area contributed by atoms with Crippen molar-refractivity contribution < 1.29 is 24.1 Å². The van der Waals surface area contributed by atoms with Crippen molar-refractivity contribution in [2.24, 2.45) is 0 Å². The van der Waals surface area contributed by atoms with Crippen LogP contribution in [0.2, 0.25) is 0 Å². The van der Waals surface area contributed by atoms with Crippen molar-refractivity contribution in [3.63, 3.8) is 0 Å². The van der Waals surface area contributed by atoms with Crippen LogP contribution >= 0.6 is 27.3 Å². The van der Waals surface area contributed by atoms with E-state index >= 15 is 0 Å². The minimum absolute atomic E-state index is 0.0328. The summed E-state index contributed by atoms with van der Waals surface area (Å²) in [6.07, 6.45) is 3.23. The number of thiazole rings is 1. The molecular formula is C28H35BrN2O5S. The van der Waals surface area contributed by atoms with E-state index in [-0.39, 0.29) is 6.61 Å². The number of benzene rings is 2. The van der Waals surface area contributed by atoms with Gasteiger partial charge in [-0.1, -0.05) is 26.0 Å². The summed E-state index contributed by atoms with van der Waals surface area (Å²) in [5.41, 5.74) is 3.70. The molecule has 0 aliphatic heterocycles. The molecule has 3 rings (SSSR count). The highest BCUT2D eigenvalue weighted by molar-refractivity contribution is 9.10. The largest absolute Gasteiger partial charge is 0.514 e. The Morgan fingerprint density at radius 1 is 1.19 bits per heavy atom. The second kappa shape index (κ2) is 12.9. The first kappa shape index (κ1) is 29.1. The molecule has 1 heterocycles. The Bertz CT molecular complexity index is 1250. The number of ether oxygens (including phenoxy) is 3. The Labute approximate surface area is 231 Å². The SMILES string of the molecule is CC(C)c1cc2nc(C=Cc3ccc(OC(=O)OC(C)(C)C)c(Br)c3)sc2cc1N(C)CCOCCO. The van der Waals surface area contributed by atoms with E-state index in [4.69, 9.17) is 24.3 Å². The lowest BCUT2D eigenvalue weighted by atomic mass is 10.00. The van der Waals surface area contributed by atoms with E-state index < -0.39 is 11.8 Å². The number of aliphatic hydroxyl groups excluding tert-OH is 1. The van der Waals surface area contributed by atoms with Crippen LogP contribution in [0.5, 0.6) is 5.75 Å². The molecule has 9 heteroatoms. The van der Waals surface area contributed by atoms with Crippen molar-refractivity contribution in [2.45, 2.75) is 46.1 Å². The van der Waals surface area contributed by atoms with E-state index in [1.807, 2.05) is 24.3 Å². The second-order valence-electron chi connectivity index (χ2n) is 9.93. The summed E-state index contributed by atoms with van der Waals surface area (Å²) < 4.78 is 17.7. The summed E-state index contributed by atoms with van der Waals surface area (Å²) in [6.45, 7) is 11.4. The van der Waals surface area contributed by atoms with Crippen LogP contribution in [0, 0.1) is 0 Å². The number of hydrogen-bond donors (Lipinski definition) is 1. The zero-order chi connectivity index (χ0) is 27.2. The highest BCUT2D eigenvalue weighted by Gasteiger charge is 2.19. The van der Waals surface area contributed by atoms with Gasteiger partial charge in [0.2, 0.25) is 0 Å². The molecule has 0 fully saturated rings. The van der Waals surface area contributed by atoms with Gasteiger partial charge in [-0.15, -0.1) is 11.3 Å². The minimum atomic E-state index is -0.741. The van der Waals surface area contributed by atoms with Gasteiger partial charge >= 0.3 is 6.16 Å². The molecular weight excluding hydrogens is 556 g/mol. The number of aliphatic hydroxyl groups is 1. The summed E-state index contributed by atoms with van der Waals surface area (Å²) in [5, 5.41) is 9.82. The van der Waals surface area contributed by atoms with Crippen molar-refractivity contribution in [2.75, 3.05) is 38.3 Å². The molecule has 200 valence electrons. The molecule has 0 radical (unpaired) electrons. The molecule has 37 heavy (non-hydrogen) atoms. The van der Waals surface area contributed by atoms with Crippen LogP contribution < -0.4 is 9.64 Å². The minimum Gasteiger partial charge on any atom is -0.428 e. The smallest absolute Gasteiger partial charge is 0.428 e. The van der Waals surface area contributed by atoms with Gasteiger partial charge in [0, 0.05) is 19.3 Å². The third kappa shape index (κ3) is 8.53. The number of fused-ring (bicyclic) bond motifs is 1. The number of likely N-dealkylation sites (N-methyl/N-ethyl adjacent to an activating group) is 1. The number of carbonyl (C=O) groups is 1. The average molecular weight is 592 g/mol. The standard InChI is InChI=1S/C28H35BrN2O5S/c1-18(2)20-16-22-25(17-23(20)31(6)11-13-34-14-12-32)37-26(30-22)10-8-19-7-9-24(21(29)15-19)35-27(33)36-28(3,4)5/h7-10,15-18,32H,11-14H2,1-6H3. The van der Waals surface area contributed by atoms with Gasteiger partial charge in [0.05, 0.1) is 34.5 Å². The number of rotatable bonds is 10. The van der Waals surface area contributed by atoms with Crippen molar-refractivity contribution in [1.82, 2.24) is 4.98 Å². The van der Waals surface area contributed by atoms with E-state index in [1.54, 1.807) is 38.2 Å². The first-order chi connectivity index (χ1) is 17.5. The number of anilines is 1. The molecule has 0 atom stereocenters. The molecule has 1 N–H and O–H groups in total. The van der Waals surface area contributed by atoms with Crippen molar-refractivity contribution in [3.8, 4) is 5.75 Å². The molecule has 1 aromatic heterocycles. The van der Waals surface area contributed by atoms with Crippen LogP contribution in [0.1, 0.15) is 56.7 Å². The lowest BCUT2D eigenvalue weighted by Crippen LogP contribution is -2.26. The Morgan fingerprint density at radius 2 is 1.95 bits per heavy atom. The molecule has 0 unspecified atom stereocenters. The Balaban J connectivity index is 1.76. The molecule has 0 bridgehead atoms. The summed E-state index contributed by atoms with van der Waals surface area (Å²) in [5.74, 6) is 0.741. The highest BCUT2D eigenvalue weighted by Crippen LogP contribution is 2.35. The molecule has 0 aliphatic carbocycles. The van der Waals surface area contributed by atoms with E-state index in [2.05, 4.69) is 53.9 Å². The lowest BCUT2D eigenvalue weighted by Gasteiger charge is -2.24. The molecule has 0 saturated carbocycles. The van der Waals surface area contributed by atoms with E-state index in [1.165, 1.54) is 11.3 Å².